The maximum absolute atomic E-state index is 12.4. The summed E-state index contributed by atoms with van der Waals surface area (Å²) in [6.07, 6.45) is -0.489. The highest BCUT2D eigenvalue weighted by molar-refractivity contribution is 6.06. The van der Waals surface area contributed by atoms with Gasteiger partial charge in [-0.05, 0) is 50.6 Å². The van der Waals surface area contributed by atoms with Crippen molar-refractivity contribution in [2.75, 3.05) is 23.8 Å². The first kappa shape index (κ1) is 24.6. The molecule has 8 heteroatoms. The summed E-state index contributed by atoms with van der Waals surface area (Å²) in [6.45, 7) is 5.79. The molecule has 0 aliphatic rings. The number of hydrogen-bond acceptors (Lipinski definition) is 6. The molecule has 0 unspecified atom stereocenters. The lowest BCUT2D eigenvalue weighted by atomic mass is 10.1. The Bertz CT molecular complexity index is 986. The van der Waals surface area contributed by atoms with Crippen molar-refractivity contribution in [3.8, 4) is 11.5 Å². The van der Waals surface area contributed by atoms with Crippen molar-refractivity contribution in [2.45, 2.75) is 40.0 Å². The minimum Gasteiger partial charge on any atom is -0.492 e. The number of carbonyl (C=O) groups is 4. The van der Waals surface area contributed by atoms with E-state index in [0.29, 0.717) is 41.7 Å². The lowest BCUT2D eigenvalue weighted by Crippen LogP contribution is -2.18. The first-order valence-electron chi connectivity index (χ1n) is 10.4. The molecule has 0 aliphatic carbocycles. The molecule has 32 heavy (non-hydrogen) atoms. The number of ketones is 2. The van der Waals surface area contributed by atoms with Gasteiger partial charge in [-0.2, -0.15) is 0 Å². The maximum Gasteiger partial charge on any atom is 0.231 e. The molecule has 170 valence electrons. The quantitative estimate of drug-likeness (QED) is 0.489. The average Bonchev–Trinajstić information content (AvgIpc) is 2.71. The van der Waals surface area contributed by atoms with Crippen molar-refractivity contribution in [3.63, 3.8) is 0 Å². The van der Waals surface area contributed by atoms with Crippen LogP contribution < -0.4 is 20.1 Å². The number of anilines is 2. The van der Waals surface area contributed by atoms with E-state index in [1.807, 2.05) is 6.92 Å². The van der Waals surface area contributed by atoms with Crippen molar-refractivity contribution >= 4 is 34.8 Å². The van der Waals surface area contributed by atoms with Gasteiger partial charge in [0.15, 0.2) is 0 Å². The van der Waals surface area contributed by atoms with Gasteiger partial charge in [0.05, 0.1) is 37.4 Å². The van der Waals surface area contributed by atoms with Crippen LogP contribution in [0.1, 0.15) is 39.2 Å². The molecule has 0 saturated heterocycles. The second kappa shape index (κ2) is 12.2. The third kappa shape index (κ3) is 7.86. The van der Waals surface area contributed by atoms with Crippen LogP contribution in [0.3, 0.4) is 0 Å². The molecule has 2 aromatic rings. The predicted octanol–water partition coefficient (Wildman–Crippen LogP) is 3.54. The minimum absolute atomic E-state index is 0.0300. The Balaban J connectivity index is 2.01. The second-order valence-corrected chi connectivity index (χ2v) is 7.06. The molecule has 0 spiro atoms. The van der Waals surface area contributed by atoms with E-state index < -0.39 is 11.8 Å². The largest absolute Gasteiger partial charge is 0.492 e. The van der Waals surface area contributed by atoms with Crippen LogP contribution in [-0.2, 0) is 25.6 Å². The van der Waals surface area contributed by atoms with Crippen molar-refractivity contribution in [1.82, 2.24) is 0 Å². The molecule has 2 N–H and O–H groups in total. The topological polar surface area (TPSA) is 111 Å². The lowest BCUT2D eigenvalue weighted by molar-refractivity contribution is -0.126. The van der Waals surface area contributed by atoms with E-state index in [2.05, 4.69) is 10.6 Å². The van der Waals surface area contributed by atoms with Gasteiger partial charge >= 0.3 is 0 Å². The molecule has 0 heterocycles. The molecule has 0 radical (unpaired) electrons. The fraction of sp³-hybridized carbons (Fsp3) is 0.333. The van der Waals surface area contributed by atoms with Gasteiger partial charge in [0.1, 0.15) is 23.1 Å². The average molecular weight is 440 g/mol. The molecule has 2 amide bonds. The Hall–Kier alpha value is -3.68. The van der Waals surface area contributed by atoms with Gasteiger partial charge in [0.2, 0.25) is 11.8 Å². The molecule has 0 aromatic heterocycles. The van der Waals surface area contributed by atoms with E-state index in [4.69, 9.17) is 9.47 Å². The Morgan fingerprint density at radius 3 is 2.03 bits per heavy atom. The molecule has 8 nitrogen and oxygen atoms in total. The zero-order valence-corrected chi connectivity index (χ0v) is 18.5. The standard InChI is InChI=1S/C24H28N2O6/c1-4-31-21-9-7-6-8-19(21)25-24(30)15-18(28)13-17-10-11-20(22(14-17)32-5-2)26-23(29)12-16(3)27/h6-11,14H,4-5,12-13,15H2,1-3H3,(H,25,30)(H,26,29). The van der Waals surface area contributed by atoms with Gasteiger partial charge < -0.3 is 20.1 Å². The molecule has 0 bridgehead atoms. The van der Waals surface area contributed by atoms with Gasteiger partial charge in [0, 0.05) is 6.42 Å². The van der Waals surface area contributed by atoms with E-state index >= 15 is 0 Å². The number of nitrogens with one attached hydrogen (secondary N) is 2. The highest BCUT2D eigenvalue weighted by atomic mass is 16.5. The summed E-state index contributed by atoms with van der Waals surface area (Å²) in [7, 11) is 0. The van der Waals surface area contributed by atoms with Gasteiger partial charge in [-0.1, -0.05) is 18.2 Å². The number of hydrogen-bond donors (Lipinski definition) is 2. The van der Waals surface area contributed by atoms with Crippen LogP contribution in [0.5, 0.6) is 11.5 Å². The van der Waals surface area contributed by atoms with E-state index in [1.165, 1.54) is 6.92 Å². The second-order valence-electron chi connectivity index (χ2n) is 7.06. The monoisotopic (exact) mass is 440 g/mol. The van der Waals surface area contributed by atoms with Crippen molar-refractivity contribution < 1.29 is 28.7 Å². The number of carbonyl (C=O) groups excluding carboxylic acids is 4. The van der Waals surface area contributed by atoms with Crippen molar-refractivity contribution in [3.05, 3.63) is 48.0 Å². The number of benzene rings is 2. The highest BCUT2D eigenvalue weighted by Crippen LogP contribution is 2.27. The molecule has 0 fully saturated rings. The Labute approximate surface area is 187 Å². The van der Waals surface area contributed by atoms with Gasteiger partial charge in [0.25, 0.3) is 0 Å². The van der Waals surface area contributed by atoms with E-state index in [9.17, 15) is 19.2 Å². The zero-order valence-electron chi connectivity index (χ0n) is 18.5. The Kier molecular flexibility index (Phi) is 9.41. The fourth-order valence-electron chi connectivity index (χ4n) is 2.99. The molecule has 0 atom stereocenters. The first-order chi connectivity index (χ1) is 15.3. The minimum atomic E-state index is -0.439. The zero-order chi connectivity index (χ0) is 23.5. The van der Waals surface area contributed by atoms with E-state index in [0.717, 1.165) is 0 Å². The van der Waals surface area contributed by atoms with Gasteiger partial charge in [-0.15, -0.1) is 0 Å². The normalized spacial score (nSPS) is 10.2. The van der Waals surface area contributed by atoms with E-state index in [-0.39, 0.29) is 30.8 Å². The van der Waals surface area contributed by atoms with Crippen LogP contribution in [0.15, 0.2) is 42.5 Å². The van der Waals surface area contributed by atoms with Crippen LogP contribution in [0.4, 0.5) is 11.4 Å². The van der Waals surface area contributed by atoms with Crippen LogP contribution >= 0.6 is 0 Å². The first-order valence-corrected chi connectivity index (χ1v) is 10.4. The number of Topliss-reactive ketones (excluding diaryl/α,β-unsaturated/α-hetero) is 2. The lowest BCUT2D eigenvalue weighted by Gasteiger charge is -2.13. The number of para-hydroxylation sites is 2. The van der Waals surface area contributed by atoms with Gasteiger partial charge in [-0.25, -0.2) is 0 Å². The highest BCUT2D eigenvalue weighted by Gasteiger charge is 2.15. The summed E-state index contributed by atoms with van der Waals surface area (Å²) < 4.78 is 11.0. The predicted molar refractivity (Wildman–Crippen MR) is 121 cm³/mol. The van der Waals surface area contributed by atoms with Crippen molar-refractivity contribution in [2.24, 2.45) is 0 Å². The molecule has 0 aliphatic heterocycles. The summed E-state index contributed by atoms with van der Waals surface area (Å²) in [6, 6.07) is 12.0. The molecule has 2 rings (SSSR count). The summed E-state index contributed by atoms with van der Waals surface area (Å²) in [5, 5.41) is 5.34. The number of ether oxygens (including phenoxy) is 2. The Morgan fingerprint density at radius 2 is 1.38 bits per heavy atom. The SMILES string of the molecule is CCOc1cc(CC(=O)CC(=O)Nc2ccccc2OCC)ccc1NC(=O)CC(C)=O. The summed E-state index contributed by atoms with van der Waals surface area (Å²) in [4.78, 5) is 47.8. The van der Waals surface area contributed by atoms with E-state index in [1.54, 1.807) is 49.4 Å². The smallest absolute Gasteiger partial charge is 0.231 e. The molecule has 2 aromatic carbocycles. The van der Waals surface area contributed by atoms with Crippen LogP contribution in [0, 0.1) is 0 Å². The van der Waals surface area contributed by atoms with Crippen LogP contribution in [0.25, 0.3) is 0 Å². The maximum atomic E-state index is 12.4. The summed E-state index contributed by atoms with van der Waals surface area (Å²) >= 11 is 0. The fourth-order valence-corrected chi connectivity index (χ4v) is 2.99. The third-order valence-corrected chi connectivity index (χ3v) is 4.25. The Morgan fingerprint density at radius 1 is 0.781 bits per heavy atom. The number of amides is 2. The molecule has 0 saturated carbocycles. The van der Waals surface area contributed by atoms with Crippen LogP contribution in [0.2, 0.25) is 0 Å². The molecular weight excluding hydrogens is 412 g/mol. The van der Waals surface area contributed by atoms with Crippen LogP contribution in [-0.4, -0.2) is 36.6 Å². The summed E-state index contributed by atoms with van der Waals surface area (Å²) in [5.41, 5.74) is 1.57. The number of rotatable bonds is 12. The summed E-state index contributed by atoms with van der Waals surface area (Å²) in [5.74, 6) is -0.451. The molecular formula is C24H28N2O6. The van der Waals surface area contributed by atoms with Gasteiger partial charge in [-0.3, -0.25) is 19.2 Å². The van der Waals surface area contributed by atoms with Crippen molar-refractivity contribution in [1.29, 1.82) is 0 Å². The third-order valence-electron chi connectivity index (χ3n) is 4.25.